The maximum absolute atomic E-state index is 13.7. The van der Waals surface area contributed by atoms with E-state index in [4.69, 9.17) is 15.2 Å². The summed E-state index contributed by atoms with van der Waals surface area (Å²) in [5.74, 6) is 0.370. The Morgan fingerprint density at radius 1 is 0.477 bits per heavy atom. The van der Waals surface area contributed by atoms with E-state index in [-0.39, 0.29) is 37.9 Å². The highest BCUT2D eigenvalue weighted by molar-refractivity contribution is 5.80. The maximum Gasteiger partial charge on any atom is 0.407 e. The normalized spacial score (nSPS) is 12.3. The highest BCUT2D eigenvalue weighted by atomic mass is 16.6. The maximum atomic E-state index is 13.7. The van der Waals surface area contributed by atoms with E-state index < -0.39 is 23.4 Å². The van der Waals surface area contributed by atoms with Crippen molar-refractivity contribution in [3.05, 3.63) is 24.3 Å². The molecule has 0 radical (unpaired) electrons. The van der Waals surface area contributed by atoms with E-state index in [0.717, 1.165) is 38.8 Å². The van der Waals surface area contributed by atoms with Crippen LogP contribution in [-0.4, -0.2) is 90.9 Å². The predicted octanol–water partition coefficient (Wildman–Crippen LogP) is 13.9. The molecule has 11 nitrogen and oxygen atoms in total. The lowest BCUT2D eigenvalue weighted by molar-refractivity contribution is -0.131. The van der Waals surface area contributed by atoms with Gasteiger partial charge in [0.05, 0.1) is 6.54 Å². The lowest BCUT2D eigenvalue weighted by Gasteiger charge is -2.26. The van der Waals surface area contributed by atoms with Crippen LogP contribution < -0.4 is 16.4 Å². The van der Waals surface area contributed by atoms with Crippen LogP contribution in [-0.2, 0) is 14.3 Å². The van der Waals surface area contributed by atoms with E-state index >= 15 is 0 Å². The first kappa shape index (κ1) is 61.8. The zero-order chi connectivity index (χ0) is 48.3. The molecule has 0 aromatic carbocycles. The molecule has 0 saturated heterocycles. The molecule has 3 amide bonds. The first-order valence-corrected chi connectivity index (χ1v) is 26.7. The lowest BCUT2D eigenvalue weighted by Crippen LogP contribution is -2.47. The van der Waals surface area contributed by atoms with E-state index in [9.17, 15) is 14.4 Å². The van der Waals surface area contributed by atoms with Gasteiger partial charge in [-0.3, -0.25) is 9.79 Å². The van der Waals surface area contributed by atoms with E-state index in [1.165, 1.54) is 154 Å². The molecule has 0 spiro atoms. The second kappa shape index (κ2) is 42.1. The van der Waals surface area contributed by atoms with Gasteiger partial charge in [0.1, 0.15) is 11.2 Å². The number of nitrogens with one attached hydrogen (secondary N) is 2. The zero-order valence-corrected chi connectivity index (χ0v) is 43.7. The Balaban J connectivity index is 5.06. The summed E-state index contributed by atoms with van der Waals surface area (Å²) in [6.07, 6.45) is 44.2. The van der Waals surface area contributed by atoms with Crippen molar-refractivity contribution in [1.82, 2.24) is 20.4 Å². The molecule has 0 rings (SSSR count). The summed E-state index contributed by atoms with van der Waals surface area (Å²) in [6, 6.07) is 0. The first-order valence-electron chi connectivity index (χ1n) is 26.7. The molecule has 0 aliphatic carbocycles. The summed E-state index contributed by atoms with van der Waals surface area (Å²) in [7, 11) is 0. The summed E-state index contributed by atoms with van der Waals surface area (Å²) in [6.45, 7) is 18.4. The van der Waals surface area contributed by atoms with Crippen LogP contribution >= 0.6 is 0 Å². The van der Waals surface area contributed by atoms with Crippen molar-refractivity contribution in [3.8, 4) is 0 Å². The third kappa shape index (κ3) is 44.4. The molecule has 0 saturated carbocycles. The van der Waals surface area contributed by atoms with E-state index in [1.807, 2.05) is 41.5 Å². The minimum atomic E-state index is -0.615. The Bertz CT molecular complexity index is 1160. The number of carbonyl (C=O) groups is 3. The Morgan fingerprint density at radius 2 is 0.800 bits per heavy atom. The van der Waals surface area contributed by atoms with Crippen LogP contribution in [0.15, 0.2) is 29.3 Å². The van der Waals surface area contributed by atoms with Crippen LogP contribution in [0.2, 0.25) is 0 Å². The van der Waals surface area contributed by atoms with Gasteiger partial charge in [0, 0.05) is 45.7 Å². The van der Waals surface area contributed by atoms with Crippen molar-refractivity contribution in [2.45, 2.75) is 253 Å². The summed E-state index contributed by atoms with van der Waals surface area (Å²) in [4.78, 5) is 46.7. The second-order valence-corrected chi connectivity index (χ2v) is 20.1. The van der Waals surface area contributed by atoms with Crippen LogP contribution in [0, 0.1) is 0 Å². The third-order valence-electron chi connectivity index (χ3n) is 11.3. The predicted molar refractivity (Wildman–Crippen MR) is 277 cm³/mol. The summed E-state index contributed by atoms with van der Waals surface area (Å²) in [5.41, 5.74) is 5.25. The molecule has 0 unspecified atom stereocenters. The average Bonchev–Trinajstić information content (AvgIpc) is 3.23. The van der Waals surface area contributed by atoms with Gasteiger partial charge in [0.2, 0.25) is 5.91 Å². The molecule has 0 fully saturated rings. The number of hydrogen-bond donors (Lipinski definition) is 3. The number of nitrogens with zero attached hydrogens (tertiary/aromatic N) is 3. The number of amides is 3. The van der Waals surface area contributed by atoms with Crippen LogP contribution in [0.5, 0.6) is 0 Å². The molecule has 0 atom stereocenters. The summed E-state index contributed by atoms with van der Waals surface area (Å²) >= 11 is 0. The quantitative estimate of drug-likeness (QED) is 0.0240. The number of hydrogen-bond acceptors (Lipinski definition) is 6. The Morgan fingerprint density at radius 3 is 1.14 bits per heavy atom. The van der Waals surface area contributed by atoms with Crippen molar-refractivity contribution in [2.75, 3.05) is 45.8 Å². The minimum absolute atomic E-state index is 0.117. The third-order valence-corrected chi connectivity index (χ3v) is 11.3. The second-order valence-electron chi connectivity index (χ2n) is 20.1. The Labute approximate surface area is 400 Å². The van der Waals surface area contributed by atoms with Crippen LogP contribution in [0.25, 0.3) is 0 Å². The van der Waals surface area contributed by atoms with Crippen LogP contribution in [0.4, 0.5) is 9.59 Å². The van der Waals surface area contributed by atoms with Crippen LogP contribution in [0.3, 0.4) is 0 Å². The van der Waals surface area contributed by atoms with Crippen molar-refractivity contribution >= 4 is 24.1 Å². The van der Waals surface area contributed by atoms with Gasteiger partial charge in [-0.25, -0.2) is 9.59 Å². The van der Waals surface area contributed by atoms with Crippen molar-refractivity contribution in [2.24, 2.45) is 10.7 Å². The number of alkyl carbamates (subject to hydrolysis) is 2. The Hall–Kier alpha value is -3.24. The lowest BCUT2D eigenvalue weighted by atomic mass is 10.1. The number of unbranched alkanes of at least 4 members (excludes halogenated alkanes) is 24. The molecule has 0 aromatic heterocycles. The minimum Gasteiger partial charge on any atom is -0.444 e. The van der Waals surface area contributed by atoms with Gasteiger partial charge in [-0.1, -0.05) is 154 Å². The van der Waals surface area contributed by atoms with Gasteiger partial charge in [-0.2, -0.15) is 0 Å². The Kier molecular flexibility index (Phi) is 40.0. The zero-order valence-electron chi connectivity index (χ0n) is 43.7. The molecule has 380 valence electrons. The van der Waals surface area contributed by atoms with E-state index in [2.05, 4.69) is 58.7 Å². The van der Waals surface area contributed by atoms with Gasteiger partial charge in [0.15, 0.2) is 5.96 Å². The topological polar surface area (TPSA) is 139 Å². The fourth-order valence-corrected chi connectivity index (χ4v) is 7.54. The fourth-order valence-electron chi connectivity index (χ4n) is 7.54. The number of carbonyl (C=O) groups excluding carboxylic acids is 3. The van der Waals surface area contributed by atoms with E-state index in [0.29, 0.717) is 13.1 Å². The molecule has 4 N–H and O–H groups in total. The number of rotatable bonds is 41. The highest BCUT2D eigenvalue weighted by Gasteiger charge is 2.19. The number of aliphatic imine (C=N–C) groups is 1. The molecule has 0 heterocycles. The molecule has 11 heteroatoms. The first-order chi connectivity index (χ1) is 31.2. The molecule has 0 aliphatic rings. The van der Waals surface area contributed by atoms with Gasteiger partial charge < -0.3 is 35.6 Å². The number of allylic oxidation sites excluding steroid dienone is 4. The van der Waals surface area contributed by atoms with Crippen LogP contribution in [0.1, 0.15) is 242 Å². The summed E-state index contributed by atoms with van der Waals surface area (Å²) in [5, 5.41) is 5.53. The monoisotopic (exact) mass is 917 g/mol. The van der Waals surface area contributed by atoms with Gasteiger partial charge in [-0.05, 0) is 106 Å². The van der Waals surface area contributed by atoms with Gasteiger partial charge in [0.25, 0.3) is 0 Å². The van der Waals surface area contributed by atoms with Gasteiger partial charge >= 0.3 is 12.2 Å². The smallest absolute Gasteiger partial charge is 0.407 e. The largest absolute Gasteiger partial charge is 0.444 e. The molecule has 0 bridgehead atoms. The number of guanidine groups is 1. The number of ether oxygens (including phenoxy) is 2. The average molecular weight is 917 g/mol. The number of nitrogens with two attached hydrogens (primary N) is 1. The van der Waals surface area contributed by atoms with Crippen molar-refractivity contribution in [3.63, 3.8) is 0 Å². The SMILES string of the molecule is CCCCCCCC/C=C/CCCCCCCCN(CCCCCCCC/C=C/CCCCCCCC)C(=O)CCN=C(N)N(CCNC(=O)OC(C)(C)C)CCNC(=O)OC(C)(C)C. The molecular formula is C54H104N6O5. The standard InChI is InChI=1S/C54H104N6O5/c1-9-11-13-15-17-19-21-23-25-27-29-31-33-35-37-39-45-59(46-40-38-36-34-32-30-28-26-24-22-20-18-16-14-12-10-2)49(61)41-42-56-50(55)60(47-43-57-51(62)64-53(3,4)5)48-44-58-52(63)65-54(6,7)8/h23-26H,9-22,27-48H2,1-8H3,(H2,55,56)(H,57,62)(H,58,63)/b25-23+,26-24+. The molecule has 0 aliphatic heterocycles. The molecular weight excluding hydrogens is 813 g/mol. The molecule has 65 heavy (non-hydrogen) atoms. The van der Waals surface area contributed by atoms with Crippen molar-refractivity contribution < 1.29 is 23.9 Å². The fraction of sp³-hybridized carbons (Fsp3) is 0.852. The summed E-state index contributed by atoms with van der Waals surface area (Å²) < 4.78 is 10.7. The van der Waals surface area contributed by atoms with Crippen molar-refractivity contribution in [1.29, 1.82) is 0 Å². The molecule has 0 aromatic rings. The highest BCUT2D eigenvalue weighted by Crippen LogP contribution is 2.14. The van der Waals surface area contributed by atoms with Gasteiger partial charge in [-0.15, -0.1) is 0 Å². The van der Waals surface area contributed by atoms with E-state index in [1.54, 1.807) is 4.90 Å².